The number of halogens is 1. The Hall–Kier alpha value is -0.850. The van der Waals surface area contributed by atoms with E-state index in [0.717, 1.165) is 11.8 Å². The fraction of sp³-hybridized carbons (Fsp3) is 0.444. The highest BCUT2D eigenvalue weighted by atomic mass is 35.5. The molecule has 0 amide bonds. The van der Waals surface area contributed by atoms with E-state index in [1.165, 1.54) is 6.33 Å². The van der Waals surface area contributed by atoms with E-state index >= 15 is 0 Å². The minimum absolute atomic E-state index is 0.133. The number of aromatic nitrogens is 2. The Bertz CT molecular complexity index is 376. The fourth-order valence-corrected chi connectivity index (χ4v) is 2.01. The number of aliphatic hydroxyl groups is 1. The van der Waals surface area contributed by atoms with Crippen molar-refractivity contribution in [3.8, 4) is 0 Å². The molecule has 1 rings (SSSR count). The van der Waals surface area contributed by atoms with E-state index in [1.807, 2.05) is 0 Å². The van der Waals surface area contributed by atoms with Crippen molar-refractivity contribution >= 4 is 29.3 Å². The summed E-state index contributed by atoms with van der Waals surface area (Å²) in [6, 6.07) is 0. The fourth-order valence-electron chi connectivity index (χ4n) is 0.963. The van der Waals surface area contributed by atoms with E-state index in [9.17, 15) is 4.79 Å². The third kappa shape index (κ3) is 3.62. The first-order valence-electron chi connectivity index (χ1n) is 4.57. The maximum atomic E-state index is 11.1. The molecule has 1 N–H and O–H groups in total. The lowest BCUT2D eigenvalue weighted by atomic mass is 10.4. The van der Waals surface area contributed by atoms with Gasteiger partial charge in [0.05, 0.1) is 19.0 Å². The molecule has 0 atom stereocenters. The Morgan fingerprint density at radius 3 is 3.00 bits per heavy atom. The number of rotatable bonds is 5. The highest BCUT2D eigenvalue weighted by Crippen LogP contribution is 2.24. The van der Waals surface area contributed by atoms with E-state index < -0.39 is 0 Å². The van der Waals surface area contributed by atoms with Crippen LogP contribution in [0.15, 0.2) is 11.4 Å². The maximum Gasteiger partial charge on any atom is 0.316 e. The summed E-state index contributed by atoms with van der Waals surface area (Å²) in [6.45, 7) is 1.82. The molecule has 0 aliphatic rings. The number of carbonyl (C=O) groups is 1. The summed E-state index contributed by atoms with van der Waals surface area (Å²) in [5.74, 6) is -0.195. The summed E-state index contributed by atoms with van der Waals surface area (Å²) < 4.78 is 4.77. The third-order valence-electron chi connectivity index (χ3n) is 1.64. The minimum Gasteiger partial charge on any atom is -0.465 e. The van der Waals surface area contributed by atoms with Crippen molar-refractivity contribution < 1.29 is 14.6 Å². The number of ether oxygens (including phenoxy) is 1. The van der Waals surface area contributed by atoms with Gasteiger partial charge in [0.25, 0.3) is 0 Å². The second-order valence-corrected chi connectivity index (χ2v) is 4.02. The standard InChI is InChI=1S/C9H11ClN2O3S/c1-2-15-7(14)4-16-9-6(3-13)8(10)11-5-12-9/h5,13H,2-4H2,1H3. The summed E-state index contributed by atoms with van der Waals surface area (Å²) in [5.41, 5.74) is 0.429. The number of nitrogens with zero attached hydrogens (tertiary/aromatic N) is 2. The van der Waals surface area contributed by atoms with Crippen molar-refractivity contribution in [2.45, 2.75) is 18.6 Å². The highest BCUT2D eigenvalue weighted by molar-refractivity contribution is 7.99. The zero-order chi connectivity index (χ0) is 12.0. The lowest BCUT2D eigenvalue weighted by molar-refractivity contribution is -0.139. The zero-order valence-electron chi connectivity index (χ0n) is 8.64. The molecule has 0 saturated heterocycles. The number of aliphatic hydroxyl groups excluding tert-OH is 1. The summed E-state index contributed by atoms with van der Waals surface area (Å²) in [4.78, 5) is 18.8. The molecular formula is C9H11ClN2O3S. The van der Waals surface area contributed by atoms with Crippen LogP contribution >= 0.6 is 23.4 Å². The van der Waals surface area contributed by atoms with Crippen molar-refractivity contribution in [1.82, 2.24) is 9.97 Å². The summed E-state index contributed by atoms with van der Waals surface area (Å²) in [5, 5.41) is 9.77. The van der Waals surface area contributed by atoms with Gasteiger partial charge >= 0.3 is 5.97 Å². The minimum atomic E-state index is -0.328. The van der Waals surface area contributed by atoms with Gasteiger partial charge in [-0.05, 0) is 6.92 Å². The quantitative estimate of drug-likeness (QED) is 0.490. The molecule has 0 aromatic carbocycles. The zero-order valence-corrected chi connectivity index (χ0v) is 10.2. The summed E-state index contributed by atoms with van der Waals surface area (Å²) in [6.07, 6.45) is 1.29. The van der Waals surface area contributed by atoms with Crippen molar-refractivity contribution in [2.24, 2.45) is 0 Å². The van der Waals surface area contributed by atoms with Crippen LogP contribution in [0.3, 0.4) is 0 Å². The topological polar surface area (TPSA) is 72.3 Å². The average molecular weight is 263 g/mol. The second-order valence-electron chi connectivity index (χ2n) is 2.70. The van der Waals surface area contributed by atoms with Crippen LogP contribution in [0.25, 0.3) is 0 Å². The second kappa shape index (κ2) is 6.67. The molecule has 7 heteroatoms. The molecule has 88 valence electrons. The van der Waals surface area contributed by atoms with E-state index in [0.29, 0.717) is 17.2 Å². The first kappa shape index (κ1) is 13.2. The molecule has 1 aromatic rings. The molecule has 0 bridgehead atoms. The number of esters is 1. The normalized spacial score (nSPS) is 10.2. The smallest absolute Gasteiger partial charge is 0.316 e. The predicted octanol–water partition coefficient (Wildman–Crippen LogP) is 1.28. The van der Waals surface area contributed by atoms with Crippen LogP contribution in [0.4, 0.5) is 0 Å². The van der Waals surface area contributed by atoms with E-state index in [4.69, 9.17) is 21.4 Å². The van der Waals surface area contributed by atoms with E-state index in [2.05, 4.69) is 9.97 Å². The first-order valence-corrected chi connectivity index (χ1v) is 5.94. The van der Waals surface area contributed by atoms with Gasteiger partial charge < -0.3 is 9.84 Å². The van der Waals surface area contributed by atoms with Gasteiger partial charge in [-0.15, -0.1) is 0 Å². The monoisotopic (exact) mass is 262 g/mol. The molecule has 1 heterocycles. The molecule has 16 heavy (non-hydrogen) atoms. The number of thioether (sulfide) groups is 1. The number of carbonyl (C=O) groups excluding carboxylic acids is 1. The molecule has 0 fully saturated rings. The van der Waals surface area contributed by atoms with Crippen LogP contribution in [0, 0.1) is 0 Å². The van der Waals surface area contributed by atoms with Gasteiger partial charge in [-0.2, -0.15) is 0 Å². The molecule has 0 aliphatic carbocycles. The van der Waals surface area contributed by atoms with Crippen LogP contribution in [0.1, 0.15) is 12.5 Å². The van der Waals surface area contributed by atoms with Gasteiger partial charge in [-0.25, -0.2) is 9.97 Å². The Morgan fingerprint density at radius 2 is 2.38 bits per heavy atom. The van der Waals surface area contributed by atoms with E-state index in [1.54, 1.807) is 6.92 Å². The van der Waals surface area contributed by atoms with Gasteiger partial charge in [-0.3, -0.25) is 4.79 Å². The van der Waals surface area contributed by atoms with Gasteiger partial charge in [0, 0.05) is 5.56 Å². The van der Waals surface area contributed by atoms with Crippen LogP contribution in [-0.4, -0.2) is 33.4 Å². The Morgan fingerprint density at radius 1 is 1.62 bits per heavy atom. The molecule has 1 aromatic heterocycles. The lowest BCUT2D eigenvalue weighted by Gasteiger charge is -2.06. The number of hydrogen-bond acceptors (Lipinski definition) is 6. The molecule has 0 unspecified atom stereocenters. The lowest BCUT2D eigenvalue weighted by Crippen LogP contribution is -2.07. The largest absolute Gasteiger partial charge is 0.465 e. The SMILES string of the molecule is CCOC(=O)CSc1ncnc(Cl)c1CO. The average Bonchev–Trinajstić information content (AvgIpc) is 2.27. The van der Waals surface area contributed by atoms with Crippen LogP contribution in [0.5, 0.6) is 0 Å². The van der Waals surface area contributed by atoms with Gasteiger partial charge in [-0.1, -0.05) is 23.4 Å². The number of hydrogen-bond donors (Lipinski definition) is 1. The maximum absolute atomic E-state index is 11.1. The van der Waals surface area contributed by atoms with E-state index in [-0.39, 0.29) is 23.5 Å². The first-order chi connectivity index (χ1) is 7.69. The Balaban J connectivity index is 2.66. The molecule has 0 spiro atoms. The van der Waals surface area contributed by atoms with Crippen LogP contribution in [0.2, 0.25) is 5.15 Å². The third-order valence-corrected chi connectivity index (χ3v) is 2.97. The molecule has 0 radical (unpaired) electrons. The van der Waals surface area contributed by atoms with Crippen molar-refractivity contribution in [2.75, 3.05) is 12.4 Å². The van der Waals surface area contributed by atoms with Crippen molar-refractivity contribution in [3.05, 3.63) is 17.0 Å². The van der Waals surface area contributed by atoms with Gasteiger partial charge in [0.2, 0.25) is 0 Å². The van der Waals surface area contributed by atoms with Crippen LogP contribution < -0.4 is 0 Å². The Labute approximate surface area is 102 Å². The van der Waals surface area contributed by atoms with Crippen LogP contribution in [-0.2, 0) is 16.1 Å². The van der Waals surface area contributed by atoms with Gasteiger partial charge in [0.15, 0.2) is 0 Å². The highest BCUT2D eigenvalue weighted by Gasteiger charge is 2.11. The van der Waals surface area contributed by atoms with Gasteiger partial charge in [0.1, 0.15) is 16.5 Å². The Kier molecular flexibility index (Phi) is 5.51. The molecule has 5 nitrogen and oxygen atoms in total. The summed E-state index contributed by atoms with van der Waals surface area (Å²) in [7, 11) is 0. The molecule has 0 saturated carbocycles. The van der Waals surface area contributed by atoms with Crippen molar-refractivity contribution in [3.63, 3.8) is 0 Å². The molecular weight excluding hydrogens is 252 g/mol. The summed E-state index contributed by atoms with van der Waals surface area (Å²) >= 11 is 6.93. The predicted molar refractivity (Wildman–Crippen MR) is 60.3 cm³/mol. The molecule has 0 aliphatic heterocycles. The van der Waals surface area contributed by atoms with Crippen molar-refractivity contribution in [1.29, 1.82) is 0 Å².